The zero-order chi connectivity index (χ0) is 22.6. The fraction of sp³-hybridized carbons (Fsp3) is 0.522. The van der Waals surface area contributed by atoms with Gasteiger partial charge in [-0.05, 0) is 54.8 Å². The topological polar surface area (TPSA) is 76.2 Å². The molecule has 4 rings (SSSR count). The highest BCUT2D eigenvalue weighted by Gasteiger charge is 2.35. The van der Waals surface area contributed by atoms with E-state index in [2.05, 4.69) is 0 Å². The van der Waals surface area contributed by atoms with Crippen molar-refractivity contribution in [3.8, 4) is 5.75 Å². The van der Waals surface area contributed by atoms with Crippen LogP contribution in [0.3, 0.4) is 0 Å². The molecule has 3 heterocycles. The molecule has 2 aliphatic heterocycles. The number of hydrogen-bond donors (Lipinski definition) is 0. The van der Waals surface area contributed by atoms with Gasteiger partial charge in [0.05, 0.1) is 13.2 Å². The van der Waals surface area contributed by atoms with Gasteiger partial charge in [-0.2, -0.15) is 4.31 Å². The van der Waals surface area contributed by atoms with Crippen molar-refractivity contribution in [2.45, 2.75) is 42.5 Å². The number of piperidine rings is 1. The maximum atomic E-state index is 13.5. The number of thiophene rings is 1. The molecule has 2 fully saturated rings. The van der Waals surface area contributed by atoms with Gasteiger partial charge in [0, 0.05) is 38.7 Å². The third-order valence-corrected chi connectivity index (χ3v) is 9.43. The van der Waals surface area contributed by atoms with Gasteiger partial charge in [-0.1, -0.05) is 18.2 Å². The smallest absolute Gasteiger partial charge is 0.252 e. The fourth-order valence-electron chi connectivity index (χ4n) is 4.40. The average molecular weight is 479 g/mol. The molecule has 1 amide bonds. The SMILES string of the molecule is COc1cccc(CN(CC2CCCO2)C(=O)C2CCN(S(=O)(=O)c3cccs3)CC2)c1. The number of amides is 1. The highest BCUT2D eigenvalue weighted by atomic mass is 32.2. The van der Waals surface area contributed by atoms with Gasteiger partial charge in [-0.25, -0.2) is 8.42 Å². The van der Waals surface area contributed by atoms with E-state index in [-0.39, 0.29) is 17.9 Å². The summed E-state index contributed by atoms with van der Waals surface area (Å²) in [7, 11) is -1.84. The van der Waals surface area contributed by atoms with Crippen LogP contribution in [0.4, 0.5) is 0 Å². The van der Waals surface area contributed by atoms with Crippen molar-refractivity contribution in [3.63, 3.8) is 0 Å². The first-order chi connectivity index (χ1) is 15.5. The standard InChI is InChI=1S/C23H30N2O5S2/c1-29-20-6-2-5-18(15-20)16-24(17-21-7-3-13-30-21)23(26)19-9-11-25(12-10-19)32(27,28)22-8-4-14-31-22/h2,4-6,8,14-15,19,21H,3,7,9-13,16-17H2,1H3. The van der Waals surface area contributed by atoms with Crippen LogP contribution in [0, 0.1) is 5.92 Å². The van der Waals surface area contributed by atoms with Crippen molar-refractivity contribution in [1.82, 2.24) is 9.21 Å². The minimum Gasteiger partial charge on any atom is -0.497 e. The van der Waals surface area contributed by atoms with E-state index in [0.717, 1.165) is 30.8 Å². The molecular formula is C23H30N2O5S2. The van der Waals surface area contributed by atoms with Gasteiger partial charge in [0.25, 0.3) is 10.0 Å². The van der Waals surface area contributed by atoms with Crippen LogP contribution in [-0.2, 0) is 26.1 Å². The van der Waals surface area contributed by atoms with Crippen molar-refractivity contribution >= 4 is 27.3 Å². The second kappa shape index (κ2) is 10.3. The number of hydrogen-bond acceptors (Lipinski definition) is 6. The van der Waals surface area contributed by atoms with Gasteiger partial charge in [0.15, 0.2) is 0 Å². The summed E-state index contributed by atoms with van der Waals surface area (Å²) in [6.45, 7) is 2.52. The predicted octanol–water partition coefficient (Wildman–Crippen LogP) is 3.37. The number of carbonyl (C=O) groups is 1. The summed E-state index contributed by atoms with van der Waals surface area (Å²) < 4.78 is 38.6. The maximum Gasteiger partial charge on any atom is 0.252 e. The molecule has 2 saturated heterocycles. The Balaban J connectivity index is 1.43. The Bertz CT molecular complexity index is 995. The van der Waals surface area contributed by atoms with E-state index >= 15 is 0 Å². The third kappa shape index (κ3) is 5.33. The van der Waals surface area contributed by atoms with Crippen LogP contribution in [0.2, 0.25) is 0 Å². The first kappa shape index (κ1) is 23.2. The van der Waals surface area contributed by atoms with E-state index in [4.69, 9.17) is 9.47 Å². The number of nitrogens with zero attached hydrogens (tertiary/aromatic N) is 2. The first-order valence-electron chi connectivity index (χ1n) is 11.0. The lowest BCUT2D eigenvalue weighted by Crippen LogP contribution is -2.45. The molecule has 32 heavy (non-hydrogen) atoms. The third-order valence-electron chi connectivity index (χ3n) is 6.16. The molecule has 1 atom stereocenters. The summed E-state index contributed by atoms with van der Waals surface area (Å²) in [6, 6.07) is 11.1. The second-order valence-corrected chi connectivity index (χ2v) is 11.4. The molecule has 0 radical (unpaired) electrons. The van der Waals surface area contributed by atoms with Crippen LogP contribution >= 0.6 is 11.3 Å². The lowest BCUT2D eigenvalue weighted by atomic mass is 9.96. The van der Waals surface area contributed by atoms with Crippen LogP contribution in [0.5, 0.6) is 5.75 Å². The number of ether oxygens (including phenoxy) is 2. The molecular weight excluding hydrogens is 448 g/mol. The maximum absolute atomic E-state index is 13.5. The summed E-state index contributed by atoms with van der Waals surface area (Å²) >= 11 is 1.23. The van der Waals surface area contributed by atoms with Crippen LogP contribution < -0.4 is 4.74 Å². The lowest BCUT2D eigenvalue weighted by Gasteiger charge is -2.34. The molecule has 0 bridgehead atoms. The molecule has 0 saturated carbocycles. The molecule has 174 valence electrons. The minimum absolute atomic E-state index is 0.0591. The zero-order valence-corrected chi connectivity index (χ0v) is 19.9. The van der Waals surface area contributed by atoms with Crippen molar-refractivity contribution < 1.29 is 22.7 Å². The van der Waals surface area contributed by atoms with Crippen LogP contribution in [0.1, 0.15) is 31.2 Å². The number of methoxy groups -OCH3 is 1. The fourth-order valence-corrected chi connectivity index (χ4v) is 7.01. The van der Waals surface area contributed by atoms with Crippen molar-refractivity contribution in [2.75, 3.05) is 33.4 Å². The highest BCUT2D eigenvalue weighted by Crippen LogP contribution is 2.28. The first-order valence-corrected chi connectivity index (χ1v) is 13.4. The Hall–Kier alpha value is -1.94. The predicted molar refractivity (Wildman–Crippen MR) is 123 cm³/mol. The molecule has 0 aliphatic carbocycles. The zero-order valence-electron chi connectivity index (χ0n) is 18.3. The Morgan fingerprint density at radius 2 is 2.03 bits per heavy atom. The summed E-state index contributed by atoms with van der Waals surface area (Å²) in [6.07, 6.45) is 3.10. The van der Waals surface area contributed by atoms with Gasteiger partial charge >= 0.3 is 0 Å². The van der Waals surface area contributed by atoms with Gasteiger partial charge in [0.2, 0.25) is 5.91 Å². The molecule has 1 unspecified atom stereocenters. The molecule has 2 aliphatic rings. The molecule has 0 N–H and O–H groups in total. The van der Waals surface area contributed by atoms with Crippen molar-refractivity contribution in [3.05, 3.63) is 47.3 Å². The van der Waals surface area contributed by atoms with E-state index in [1.807, 2.05) is 29.2 Å². The quantitative estimate of drug-likeness (QED) is 0.582. The summed E-state index contributed by atoms with van der Waals surface area (Å²) in [5, 5.41) is 1.77. The molecule has 9 heteroatoms. The van der Waals surface area contributed by atoms with Crippen LogP contribution in [-0.4, -0.2) is 63.0 Å². The largest absolute Gasteiger partial charge is 0.497 e. The van der Waals surface area contributed by atoms with E-state index in [1.165, 1.54) is 15.6 Å². The number of carbonyl (C=O) groups excluding carboxylic acids is 1. The summed E-state index contributed by atoms with van der Waals surface area (Å²) in [5.74, 6) is 0.660. The lowest BCUT2D eigenvalue weighted by molar-refractivity contribution is -0.139. The van der Waals surface area contributed by atoms with E-state index in [0.29, 0.717) is 43.2 Å². The van der Waals surface area contributed by atoms with Gasteiger partial charge < -0.3 is 14.4 Å². The molecule has 7 nitrogen and oxygen atoms in total. The van der Waals surface area contributed by atoms with Crippen LogP contribution in [0.25, 0.3) is 0 Å². The van der Waals surface area contributed by atoms with E-state index < -0.39 is 10.0 Å². The van der Waals surface area contributed by atoms with Crippen molar-refractivity contribution in [2.24, 2.45) is 5.92 Å². The monoisotopic (exact) mass is 478 g/mol. The minimum atomic E-state index is -3.47. The number of benzene rings is 1. The normalized spacial score (nSPS) is 20.3. The highest BCUT2D eigenvalue weighted by molar-refractivity contribution is 7.91. The van der Waals surface area contributed by atoms with Crippen LogP contribution in [0.15, 0.2) is 46.0 Å². The molecule has 2 aromatic rings. The summed E-state index contributed by atoms with van der Waals surface area (Å²) in [4.78, 5) is 15.4. The summed E-state index contributed by atoms with van der Waals surface area (Å²) in [5.41, 5.74) is 1.01. The Labute approximate surface area is 194 Å². The Kier molecular flexibility index (Phi) is 7.50. The number of sulfonamides is 1. The molecule has 1 aromatic carbocycles. The van der Waals surface area contributed by atoms with Crippen molar-refractivity contribution in [1.29, 1.82) is 0 Å². The van der Waals surface area contributed by atoms with E-state index in [9.17, 15) is 13.2 Å². The molecule has 0 spiro atoms. The Morgan fingerprint density at radius 1 is 1.22 bits per heavy atom. The van der Waals surface area contributed by atoms with E-state index in [1.54, 1.807) is 24.6 Å². The van der Waals surface area contributed by atoms with Gasteiger partial charge in [0.1, 0.15) is 9.96 Å². The van der Waals surface area contributed by atoms with Gasteiger partial charge in [-0.3, -0.25) is 4.79 Å². The average Bonchev–Trinajstić information content (AvgIpc) is 3.53. The molecule has 1 aromatic heterocycles. The second-order valence-electron chi connectivity index (χ2n) is 8.32. The van der Waals surface area contributed by atoms with Gasteiger partial charge in [-0.15, -0.1) is 11.3 Å². The Morgan fingerprint density at radius 3 is 2.69 bits per heavy atom. The number of rotatable bonds is 8.